The second kappa shape index (κ2) is 5.25. The van der Waals surface area contributed by atoms with Gasteiger partial charge in [-0.3, -0.25) is 4.55 Å². The second-order valence-electron chi connectivity index (χ2n) is 2.30. The van der Waals surface area contributed by atoms with Crippen LogP contribution in [0, 0.1) is 0 Å². The maximum atomic E-state index is 10.8. The van der Waals surface area contributed by atoms with E-state index in [-0.39, 0.29) is 20.0 Å². The van der Waals surface area contributed by atoms with E-state index in [2.05, 4.69) is 0 Å². The van der Waals surface area contributed by atoms with Crippen molar-refractivity contribution in [3.05, 3.63) is 0 Å². The van der Waals surface area contributed by atoms with Crippen LogP contribution in [-0.4, -0.2) is 43.2 Å². The molecule has 0 saturated carbocycles. The van der Waals surface area contributed by atoms with Gasteiger partial charge in [0.15, 0.2) is 0 Å². The number of carbonyl (C=O) groups is 1. The van der Waals surface area contributed by atoms with Gasteiger partial charge in [-0.25, -0.2) is 9.63 Å². The summed E-state index contributed by atoms with van der Waals surface area (Å²) < 4.78 is 35.9. The fourth-order valence-electron chi connectivity index (χ4n) is 0.599. The second-order valence-corrected chi connectivity index (χ2v) is 4.06. The summed E-state index contributed by atoms with van der Waals surface area (Å²) in [5, 5.41) is 0. The van der Waals surface area contributed by atoms with Gasteiger partial charge in [0.2, 0.25) is 0 Å². The maximum absolute atomic E-state index is 10.8. The molecule has 78 valence electrons. The third-order valence-corrected chi connectivity index (χ3v) is 2.16. The zero-order chi connectivity index (χ0) is 11.2. The van der Waals surface area contributed by atoms with E-state index in [0.29, 0.717) is 0 Å². The van der Waals surface area contributed by atoms with Crippen LogP contribution in [0.3, 0.4) is 0 Å². The first-order valence-electron chi connectivity index (χ1n) is 4.01. The minimum absolute atomic E-state index is 0.0435. The van der Waals surface area contributed by atoms with Crippen molar-refractivity contribution >= 4 is 27.9 Å². The molecule has 0 radical (unpaired) electrons. The number of nitrogens with zero attached hydrogens (tertiary/aromatic N) is 1. The topological polar surface area (TPSA) is 86.7 Å². The van der Waals surface area contributed by atoms with E-state index in [4.69, 9.17) is 17.7 Å². The summed E-state index contributed by atoms with van der Waals surface area (Å²) in [4.78, 5) is 13.6. The molecule has 0 aliphatic heterocycles. The first-order chi connectivity index (χ1) is 6.40. The highest BCUT2D eigenvalue weighted by molar-refractivity contribution is 7.85. The van der Waals surface area contributed by atoms with Crippen LogP contribution >= 0.6 is 11.8 Å². The van der Waals surface area contributed by atoms with Gasteiger partial charge in [0, 0.05) is 26.7 Å². The number of amides is 2. The molecule has 6 nitrogen and oxygen atoms in total. The van der Waals surface area contributed by atoms with Gasteiger partial charge in [0.1, 0.15) is 0 Å². The number of carbonyl (C=O) groups excluding carboxylic acids is 1. The van der Waals surface area contributed by atoms with Crippen LogP contribution in [0.2, 0.25) is 0 Å². The van der Waals surface area contributed by atoms with Crippen LogP contribution in [0.25, 0.3) is 0 Å². The van der Waals surface area contributed by atoms with E-state index < -0.39 is 21.9 Å². The van der Waals surface area contributed by atoms with Gasteiger partial charge >= 0.3 is 6.03 Å². The maximum Gasteiger partial charge on any atom is 0.331 e. The van der Waals surface area contributed by atoms with Crippen LogP contribution in [0.4, 0.5) is 4.79 Å². The van der Waals surface area contributed by atoms with Crippen molar-refractivity contribution < 1.29 is 19.1 Å². The first-order valence-corrected chi connectivity index (χ1v) is 5.29. The molecular weight excluding hydrogens is 220 g/mol. The van der Waals surface area contributed by atoms with Crippen molar-refractivity contribution in [2.24, 2.45) is 0 Å². The zero-order valence-electron chi connectivity index (χ0n) is 7.73. The van der Waals surface area contributed by atoms with Crippen molar-refractivity contribution in [3.63, 3.8) is 0 Å². The molecule has 0 atom stereocenters. The molecule has 0 saturated heterocycles. The predicted molar refractivity (Wildman–Crippen MR) is 48.0 cm³/mol. The van der Waals surface area contributed by atoms with Crippen LogP contribution < -0.4 is 4.84 Å². The Morgan fingerprint density at radius 2 is 2.38 bits per heavy atom. The fourth-order valence-corrected chi connectivity index (χ4v) is 1.21. The molecule has 0 aromatic heterocycles. The van der Waals surface area contributed by atoms with E-state index in [1.165, 1.54) is 0 Å². The molecule has 13 heavy (non-hydrogen) atoms. The molecule has 0 bridgehead atoms. The molecule has 0 rings (SSSR count). The quantitative estimate of drug-likeness (QED) is 0.529. The Hall–Kier alpha value is -0.530. The van der Waals surface area contributed by atoms with Crippen molar-refractivity contribution in [2.75, 3.05) is 19.3 Å². The van der Waals surface area contributed by atoms with Crippen molar-refractivity contribution in [1.82, 2.24) is 9.74 Å². The number of nitrogens with one attached hydrogen (secondary N) is 1. The Kier molecular flexibility index (Phi) is 4.26. The standard InChI is InChI=1S/C5H11ClN2O4S/c1-8(5(9)7-6)3-2-4-13(10,11)12/h2-4H2,1H3,(H,7,9)(H,10,11,12)/i1D. The molecule has 0 aliphatic rings. The highest BCUT2D eigenvalue weighted by Gasteiger charge is 2.09. The summed E-state index contributed by atoms with van der Waals surface area (Å²) in [5.41, 5.74) is 0. The molecule has 0 unspecified atom stereocenters. The van der Waals surface area contributed by atoms with Crippen molar-refractivity contribution in [2.45, 2.75) is 6.42 Å². The molecule has 0 spiro atoms. The number of halogens is 1. The van der Waals surface area contributed by atoms with E-state index >= 15 is 0 Å². The number of rotatable bonds is 4. The van der Waals surface area contributed by atoms with Gasteiger partial charge < -0.3 is 4.90 Å². The van der Waals surface area contributed by atoms with Crippen LogP contribution in [0.15, 0.2) is 0 Å². The van der Waals surface area contributed by atoms with Gasteiger partial charge in [0.05, 0.1) is 5.75 Å². The van der Waals surface area contributed by atoms with Crippen LogP contribution in [0.1, 0.15) is 7.79 Å². The summed E-state index contributed by atoms with van der Waals surface area (Å²) in [6.07, 6.45) is 0.0576. The van der Waals surface area contributed by atoms with E-state index in [9.17, 15) is 13.2 Å². The molecule has 0 aromatic rings. The SMILES string of the molecule is [2H]CN(CCCS(=O)(=O)O)C(=O)NCl. The molecule has 2 N–H and O–H groups in total. The first kappa shape index (κ1) is 10.6. The summed E-state index contributed by atoms with van der Waals surface area (Å²) in [6.45, 7) is 0.0435. The largest absolute Gasteiger partial charge is 0.331 e. The monoisotopic (exact) mass is 231 g/mol. The lowest BCUT2D eigenvalue weighted by Gasteiger charge is -2.14. The van der Waals surface area contributed by atoms with Gasteiger partial charge in [-0.15, -0.1) is 0 Å². The highest BCUT2D eigenvalue weighted by Crippen LogP contribution is 1.92. The lowest BCUT2D eigenvalue weighted by atomic mass is 10.4. The Labute approximate surface area is 83.1 Å². The van der Waals surface area contributed by atoms with Crippen LogP contribution in [-0.2, 0) is 10.1 Å². The van der Waals surface area contributed by atoms with E-state index in [1.807, 2.05) is 0 Å². The van der Waals surface area contributed by atoms with Crippen molar-refractivity contribution in [3.8, 4) is 0 Å². The molecule has 0 aliphatic carbocycles. The number of hydrogen-bond acceptors (Lipinski definition) is 3. The van der Waals surface area contributed by atoms with Gasteiger partial charge in [0.25, 0.3) is 10.1 Å². The van der Waals surface area contributed by atoms with Gasteiger partial charge in [-0.2, -0.15) is 8.42 Å². The lowest BCUT2D eigenvalue weighted by molar-refractivity contribution is 0.215. The fraction of sp³-hybridized carbons (Fsp3) is 0.800. The lowest BCUT2D eigenvalue weighted by Crippen LogP contribution is -2.33. The molecular formula is C5H11ClN2O4S. The Morgan fingerprint density at radius 3 is 2.77 bits per heavy atom. The summed E-state index contributed by atoms with van der Waals surface area (Å²) >= 11 is 5.00. The van der Waals surface area contributed by atoms with E-state index in [1.54, 1.807) is 4.84 Å². The third-order valence-electron chi connectivity index (χ3n) is 1.20. The summed E-state index contributed by atoms with van der Waals surface area (Å²) in [7, 11) is -4.34. The summed E-state index contributed by atoms with van der Waals surface area (Å²) in [6, 6.07) is -0.669. The van der Waals surface area contributed by atoms with E-state index in [0.717, 1.165) is 4.90 Å². The molecule has 0 fully saturated rings. The molecule has 0 heterocycles. The average Bonchev–Trinajstić information content (AvgIpc) is 2.09. The Balaban J connectivity index is 3.91. The summed E-state index contributed by atoms with van der Waals surface area (Å²) in [5.74, 6) is -0.445. The zero-order valence-corrected chi connectivity index (χ0v) is 8.31. The molecule has 2 amide bonds. The molecule has 0 aromatic carbocycles. The minimum atomic E-state index is -4.01. The van der Waals surface area contributed by atoms with Crippen LogP contribution in [0.5, 0.6) is 0 Å². The predicted octanol–water partition coefficient (Wildman–Crippen LogP) is 0.0595. The number of urea groups is 1. The normalized spacial score (nSPS) is 12.0. The number of hydrogen-bond donors (Lipinski definition) is 2. The minimum Gasteiger partial charge on any atom is -0.327 e. The van der Waals surface area contributed by atoms with Gasteiger partial charge in [-0.05, 0) is 6.42 Å². The Morgan fingerprint density at radius 1 is 1.77 bits per heavy atom. The highest BCUT2D eigenvalue weighted by atomic mass is 35.5. The van der Waals surface area contributed by atoms with Crippen molar-refractivity contribution in [1.29, 1.82) is 0 Å². The smallest absolute Gasteiger partial charge is 0.327 e. The third kappa shape index (κ3) is 6.62. The Bertz CT molecular complexity index is 283. The molecule has 8 heteroatoms. The average molecular weight is 232 g/mol. The van der Waals surface area contributed by atoms with Gasteiger partial charge in [-0.1, -0.05) is 0 Å².